The van der Waals surface area contributed by atoms with E-state index in [1.54, 1.807) is 0 Å². The first-order chi connectivity index (χ1) is 5.93. The largest absolute Gasteiger partial charge is 0.366 e. The summed E-state index contributed by atoms with van der Waals surface area (Å²) in [6.07, 6.45) is 2.37. The van der Waals surface area contributed by atoms with Gasteiger partial charge in [0.2, 0.25) is 0 Å². The maximum absolute atomic E-state index is 13.0. The van der Waals surface area contributed by atoms with Crippen molar-refractivity contribution in [2.75, 3.05) is 0 Å². The SMILES string of the molecule is NC(=O)c1cnccc1C(F)(Cl)Cl. The first-order valence-corrected chi connectivity index (χ1v) is 3.99. The van der Waals surface area contributed by atoms with Crippen LogP contribution >= 0.6 is 23.2 Å². The summed E-state index contributed by atoms with van der Waals surface area (Å²) in [4.78, 5) is 14.4. The number of hydrogen-bond acceptors (Lipinski definition) is 2. The number of hydrogen-bond donors (Lipinski definition) is 1. The highest BCUT2D eigenvalue weighted by atomic mass is 35.5. The molecule has 13 heavy (non-hydrogen) atoms. The lowest BCUT2D eigenvalue weighted by atomic mass is 10.1. The molecule has 1 aromatic heterocycles. The summed E-state index contributed by atoms with van der Waals surface area (Å²) >= 11 is 10.3. The molecule has 1 heterocycles. The fraction of sp³-hybridized carbons (Fsp3) is 0.143. The van der Waals surface area contributed by atoms with E-state index in [0.29, 0.717) is 0 Å². The highest BCUT2D eigenvalue weighted by Gasteiger charge is 2.29. The molecule has 0 bridgehead atoms. The van der Waals surface area contributed by atoms with Crippen molar-refractivity contribution in [3.8, 4) is 0 Å². The first-order valence-electron chi connectivity index (χ1n) is 3.24. The lowest BCUT2D eigenvalue weighted by Crippen LogP contribution is -2.17. The Morgan fingerprint density at radius 2 is 2.23 bits per heavy atom. The molecule has 70 valence electrons. The van der Waals surface area contributed by atoms with Crippen LogP contribution in [0, 0.1) is 0 Å². The van der Waals surface area contributed by atoms with Crippen LogP contribution in [0.25, 0.3) is 0 Å². The molecule has 0 atom stereocenters. The molecule has 6 heteroatoms. The zero-order valence-corrected chi connectivity index (χ0v) is 7.81. The monoisotopic (exact) mass is 222 g/mol. The predicted octanol–water partition coefficient (Wildman–Crippen LogP) is 1.74. The van der Waals surface area contributed by atoms with Crippen LogP contribution in [0.1, 0.15) is 15.9 Å². The van der Waals surface area contributed by atoms with E-state index in [0.717, 1.165) is 6.20 Å². The fourth-order valence-corrected chi connectivity index (χ4v) is 1.17. The van der Waals surface area contributed by atoms with Crippen molar-refractivity contribution in [2.45, 2.75) is 4.59 Å². The number of carbonyl (C=O) groups is 1. The molecule has 0 spiro atoms. The number of primary amides is 1. The van der Waals surface area contributed by atoms with Crippen molar-refractivity contribution in [1.82, 2.24) is 4.98 Å². The molecular formula is C7H5Cl2FN2O. The number of amides is 1. The molecule has 0 unspecified atom stereocenters. The second kappa shape index (κ2) is 3.47. The number of carbonyl (C=O) groups excluding carboxylic acids is 1. The first kappa shape index (κ1) is 10.2. The van der Waals surface area contributed by atoms with Gasteiger partial charge in [-0.2, -0.15) is 0 Å². The highest BCUT2D eigenvalue weighted by Crippen LogP contribution is 2.36. The second-order valence-corrected chi connectivity index (χ2v) is 3.52. The van der Waals surface area contributed by atoms with E-state index in [4.69, 9.17) is 28.9 Å². The zero-order valence-electron chi connectivity index (χ0n) is 6.30. The minimum atomic E-state index is -2.63. The van der Waals surface area contributed by atoms with Crippen LogP contribution in [0.5, 0.6) is 0 Å². The van der Waals surface area contributed by atoms with Crippen molar-refractivity contribution in [1.29, 1.82) is 0 Å². The van der Waals surface area contributed by atoms with E-state index < -0.39 is 10.5 Å². The summed E-state index contributed by atoms with van der Waals surface area (Å²) in [5.41, 5.74) is 4.62. The Morgan fingerprint density at radius 1 is 1.62 bits per heavy atom. The van der Waals surface area contributed by atoms with Gasteiger partial charge in [-0.1, -0.05) is 23.2 Å². The summed E-state index contributed by atoms with van der Waals surface area (Å²) in [6, 6.07) is 1.19. The molecule has 1 aromatic rings. The third kappa shape index (κ3) is 2.29. The molecule has 1 rings (SSSR count). The highest BCUT2D eigenvalue weighted by molar-refractivity contribution is 6.47. The Hall–Kier alpha value is -0.870. The maximum Gasteiger partial charge on any atom is 0.284 e. The molecule has 0 aliphatic carbocycles. The van der Waals surface area contributed by atoms with Gasteiger partial charge in [0.25, 0.3) is 10.5 Å². The summed E-state index contributed by atoms with van der Waals surface area (Å²) < 4.78 is 10.4. The van der Waals surface area contributed by atoms with Gasteiger partial charge in [-0.05, 0) is 6.07 Å². The van der Waals surface area contributed by atoms with Crippen LogP contribution in [-0.4, -0.2) is 10.9 Å². The van der Waals surface area contributed by atoms with Gasteiger partial charge in [-0.15, -0.1) is 0 Å². The smallest absolute Gasteiger partial charge is 0.284 e. The van der Waals surface area contributed by atoms with Gasteiger partial charge >= 0.3 is 0 Å². The predicted molar refractivity (Wildman–Crippen MR) is 47.2 cm³/mol. The van der Waals surface area contributed by atoms with Crippen molar-refractivity contribution < 1.29 is 9.18 Å². The number of rotatable bonds is 2. The Morgan fingerprint density at radius 3 is 2.62 bits per heavy atom. The Balaban J connectivity index is 3.28. The van der Waals surface area contributed by atoms with E-state index in [1.165, 1.54) is 12.3 Å². The van der Waals surface area contributed by atoms with Crippen LogP contribution in [0.4, 0.5) is 4.39 Å². The molecule has 2 N–H and O–H groups in total. The summed E-state index contributed by atoms with van der Waals surface area (Å²) in [7, 11) is 0. The molecule has 0 aromatic carbocycles. The lowest BCUT2D eigenvalue weighted by Gasteiger charge is -2.11. The van der Waals surface area contributed by atoms with Crippen molar-refractivity contribution in [3.63, 3.8) is 0 Å². The average Bonchev–Trinajstić information content (AvgIpc) is 2.03. The molecule has 0 saturated heterocycles. The van der Waals surface area contributed by atoms with Crippen LogP contribution < -0.4 is 5.73 Å². The number of alkyl halides is 3. The molecule has 0 fully saturated rings. The van der Waals surface area contributed by atoms with E-state index in [1.807, 2.05) is 0 Å². The molecule has 0 aliphatic heterocycles. The van der Waals surface area contributed by atoms with E-state index in [2.05, 4.69) is 4.98 Å². The van der Waals surface area contributed by atoms with Crippen molar-refractivity contribution >= 4 is 29.1 Å². The number of nitrogens with zero attached hydrogens (tertiary/aromatic N) is 1. The van der Waals surface area contributed by atoms with Gasteiger partial charge in [0, 0.05) is 18.0 Å². The van der Waals surface area contributed by atoms with Gasteiger partial charge in [0.1, 0.15) is 0 Å². The van der Waals surface area contributed by atoms with Crippen LogP contribution in [-0.2, 0) is 4.59 Å². The third-order valence-electron chi connectivity index (χ3n) is 1.39. The van der Waals surface area contributed by atoms with Gasteiger partial charge in [0.15, 0.2) is 0 Å². The number of pyridine rings is 1. The third-order valence-corrected chi connectivity index (χ3v) is 1.80. The van der Waals surface area contributed by atoms with Crippen LogP contribution in [0.3, 0.4) is 0 Å². The van der Waals surface area contributed by atoms with Crippen LogP contribution in [0.15, 0.2) is 18.5 Å². The quantitative estimate of drug-likeness (QED) is 0.776. The van der Waals surface area contributed by atoms with Gasteiger partial charge < -0.3 is 5.73 Å². The molecule has 0 radical (unpaired) electrons. The van der Waals surface area contributed by atoms with E-state index in [9.17, 15) is 9.18 Å². The molecule has 0 aliphatic rings. The van der Waals surface area contributed by atoms with E-state index in [-0.39, 0.29) is 11.1 Å². The van der Waals surface area contributed by atoms with Gasteiger partial charge in [-0.25, -0.2) is 4.39 Å². The lowest BCUT2D eigenvalue weighted by molar-refractivity contribution is 0.0997. The molecule has 3 nitrogen and oxygen atoms in total. The zero-order chi connectivity index (χ0) is 10.1. The fourth-order valence-electron chi connectivity index (χ4n) is 0.838. The van der Waals surface area contributed by atoms with Gasteiger partial charge in [0.05, 0.1) is 5.56 Å². The topological polar surface area (TPSA) is 56.0 Å². The number of nitrogens with two attached hydrogens (primary N) is 1. The molecular weight excluding hydrogens is 218 g/mol. The molecule has 1 amide bonds. The average molecular weight is 223 g/mol. The van der Waals surface area contributed by atoms with E-state index >= 15 is 0 Å². The van der Waals surface area contributed by atoms with Gasteiger partial charge in [-0.3, -0.25) is 9.78 Å². The summed E-state index contributed by atoms with van der Waals surface area (Å²) in [5, 5.41) is 0. The Bertz CT molecular complexity index is 338. The van der Waals surface area contributed by atoms with Crippen LogP contribution in [0.2, 0.25) is 0 Å². The van der Waals surface area contributed by atoms with Crippen molar-refractivity contribution in [3.05, 3.63) is 29.6 Å². The summed E-state index contributed by atoms with van der Waals surface area (Å²) in [6.45, 7) is 0. The number of aromatic nitrogens is 1. The Labute approximate surface area is 83.7 Å². The second-order valence-electron chi connectivity index (χ2n) is 2.28. The minimum Gasteiger partial charge on any atom is -0.366 e. The normalized spacial score (nSPS) is 11.3. The Kier molecular flexibility index (Phi) is 2.73. The van der Waals surface area contributed by atoms with Crippen molar-refractivity contribution in [2.24, 2.45) is 5.73 Å². The minimum absolute atomic E-state index is 0.130. The summed E-state index contributed by atoms with van der Waals surface area (Å²) in [5.74, 6) is -0.827. The number of halogens is 3. The maximum atomic E-state index is 13.0. The standard InChI is InChI=1S/C7H5Cl2FN2O/c8-7(9,10)5-1-2-12-3-4(5)6(11)13/h1-3H,(H2,11,13). The molecule has 0 saturated carbocycles.